The monoisotopic (exact) mass is 448 g/mol. The van der Waals surface area contributed by atoms with Crippen LogP contribution in [0.2, 0.25) is 0 Å². The predicted octanol–water partition coefficient (Wildman–Crippen LogP) is 4.25. The van der Waals surface area contributed by atoms with Crippen molar-refractivity contribution in [2.75, 3.05) is 0 Å². The summed E-state index contributed by atoms with van der Waals surface area (Å²) < 4.78 is 6.23. The lowest BCUT2D eigenvalue weighted by molar-refractivity contribution is -0.165. The maximum Gasteiger partial charge on any atom is 0.312 e. The van der Waals surface area contributed by atoms with Gasteiger partial charge in [0.2, 0.25) is 0 Å². The van der Waals surface area contributed by atoms with E-state index in [2.05, 4.69) is 32.1 Å². The van der Waals surface area contributed by atoms with Crippen LogP contribution >= 0.6 is 0 Å². The number of fused-ring (bicyclic) bond motifs is 1. The fraction of sp³-hybridized carbons (Fsp3) is 0.769. The highest BCUT2D eigenvalue weighted by Gasteiger charge is 2.44. The fourth-order valence-corrected chi connectivity index (χ4v) is 5.96. The number of carboxylic acids is 1. The van der Waals surface area contributed by atoms with Gasteiger partial charge in [-0.3, -0.25) is 9.59 Å². The van der Waals surface area contributed by atoms with Crippen LogP contribution in [0.1, 0.15) is 78.6 Å². The maximum absolute atomic E-state index is 13.1. The standard InChI is InChI=1S/C26H40O6/c1-16-12-18-7-6-17(2)21(9-8-19(27)14-20(28)15-23(29)30)24(18)22(13-16)32-25(31)26(3)10-4-5-11-26/h6-7,12,16-17,19-22,24,27-28H,4-5,8-11,13-15H2,1-3H3,(H,29,30)/t16-,17-,19+,20+,21-,22-,24-/m0/s1. The highest BCUT2D eigenvalue weighted by atomic mass is 16.5. The van der Waals surface area contributed by atoms with Gasteiger partial charge < -0.3 is 20.1 Å². The Hall–Kier alpha value is -1.66. The van der Waals surface area contributed by atoms with E-state index in [1.165, 1.54) is 5.57 Å². The summed E-state index contributed by atoms with van der Waals surface area (Å²) in [7, 11) is 0. The van der Waals surface area contributed by atoms with Crippen LogP contribution in [-0.4, -0.2) is 45.6 Å². The van der Waals surface area contributed by atoms with E-state index in [1.807, 2.05) is 6.92 Å². The minimum atomic E-state index is -1.07. The lowest BCUT2D eigenvalue weighted by atomic mass is 9.65. The summed E-state index contributed by atoms with van der Waals surface area (Å²) in [6, 6.07) is 0. The Morgan fingerprint density at radius 3 is 2.53 bits per heavy atom. The van der Waals surface area contributed by atoms with Crippen molar-refractivity contribution in [3.05, 3.63) is 23.8 Å². The molecule has 0 bridgehead atoms. The van der Waals surface area contributed by atoms with Crippen LogP contribution in [0.25, 0.3) is 0 Å². The Labute approximate surface area is 191 Å². The molecule has 0 amide bonds. The molecule has 0 spiro atoms. The van der Waals surface area contributed by atoms with E-state index in [4.69, 9.17) is 9.84 Å². The van der Waals surface area contributed by atoms with Crippen LogP contribution in [0.4, 0.5) is 0 Å². The number of allylic oxidation sites excluding steroid dienone is 3. The number of rotatable bonds is 9. The molecule has 0 heterocycles. The molecule has 0 saturated heterocycles. The Morgan fingerprint density at radius 2 is 1.88 bits per heavy atom. The SMILES string of the molecule is C[C@H]1C=C2C=C[C@H](C)[C@H](CC[C@@H](O)C[C@@H](O)CC(=O)O)[C@H]2[C@@H](OC(=O)C2(C)CCCC2)C1. The highest BCUT2D eigenvalue weighted by molar-refractivity contribution is 5.77. The molecule has 3 aliphatic carbocycles. The summed E-state index contributed by atoms with van der Waals surface area (Å²) in [5.41, 5.74) is 0.855. The molecule has 0 unspecified atom stereocenters. The minimum absolute atomic E-state index is 0.0599. The van der Waals surface area contributed by atoms with Crippen LogP contribution in [0.5, 0.6) is 0 Å². The second-order valence-corrected chi connectivity index (χ2v) is 10.7. The molecular formula is C26H40O6. The molecule has 7 atom stereocenters. The number of carbonyl (C=O) groups is 2. The van der Waals surface area contributed by atoms with E-state index in [-0.39, 0.29) is 48.1 Å². The van der Waals surface area contributed by atoms with Crippen molar-refractivity contribution in [3.63, 3.8) is 0 Å². The molecule has 0 aliphatic heterocycles. The molecular weight excluding hydrogens is 408 g/mol. The van der Waals surface area contributed by atoms with Gasteiger partial charge >= 0.3 is 11.9 Å². The zero-order valence-electron chi connectivity index (χ0n) is 19.7. The van der Waals surface area contributed by atoms with E-state index in [9.17, 15) is 19.8 Å². The lowest BCUT2D eigenvalue weighted by Crippen LogP contribution is -2.43. The number of ether oxygens (including phenoxy) is 1. The van der Waals surface area contributed by atoms with Gasteiger partial charge in [0.15, 0.2) is 0 Å². The molecule has 0 aromatic carbocycles. The number of esters is 1. The van der Waals surface area contributed by atoms with Gasteiger partial charge in [-0.15, -0.1) is 0 Å². The second-order valence-electron chi connectivity index (χ2n) is 10.7. The van der Waals surface area contributed by atoms with E-state index < -0.39 is 18.2 Å². The molecule has 32 heavy (non-hydrogen) atoms. The lowest BCUT2D eigenvalue weighted by Gasteiger charge is -2.44. The van der Waals surface area contributed by atoms with Crippen molar-refractivity contribution >= 4 is 11.9 Å². The maximum atomic E-state index is 13.1. The van der Waals surface area contributed by atoms with Crippen LogP contribution < -0.4 is 0 Å². The van der Waals surface area contributed by atoms with E-state index >= 15 is 0 Å². The van der Waals surface area contributed by atoms with Gasteiger partial charge in [-0.05, 0) is 68.8 Å². The number of aliphatic carboxylic acids is 1. The molecule has 3 rings (SSSR count). The van der Waals surface area contributed by atoms with Crippen LogP contribution in [0.3, 0.4) is 0 Å². The minimum Gasteiger partial charge on any atom is -0.481 e. The smallest absolute Gasteiger partial charge is 0.312 e. The molecule has 3 aliphatic rings. The number of hydrogen-bond acceptors (Lipinski definition) is 5. The average Bonchev–Trinajstić information content (AvgIpc) is 3.14. The molecule has 0 aromatic heterocycles. The first-order valence-corrected chi connectivity index (χ1v) is 12.3. The van der Waals surface area contributed by atoms with Crippen LogP contribution in [-0.2, 0) is 14.3 Å². The summed E-state index contributed by atoms with van der Waals surface area (Å²) in [6.07, 6.45) is 10.4. The first kappa shape index (κ1) is 25.0. The molecule has 6 heteroatoms. The molecule has 180 valence electrons. The topological polar surface area (TPSA) is 104 Å². The van der Waals surface area contributed by atoms with Gasteiger partial charge in [-0.1, -0.05) is 44.9 Å². The Kier molecular flexibility index (Phi) is 8.21. The van der Waals surface area contributed by atoms with Crippen molar-refractivity contribution in [1.29, 1.82) is 0 Å². The van der Waals surface area contributed by atoms with Crippen molar-refractivity contribution in [2.45, 2.75) is 96.9 Å². The largest absolute Gasteiger partial charge is 0.481 e. The van der Waals surface area contributed by atoms with Crippen molar-refractivity contribution in [3.8, 4) is 0 Å². The zero-order valence-corrected chi connectivity index (χ0v) is 19.7. The first-order valence-electron chi connectivity index (χ1n) is 12.3. The third-order valence-corrected chi connectivity index (χ3v) is 7.84. The summed E-state index contributed by atoms with van der Waals surface area (Å²) in [5.74, 6) is -0.181. The third kappa shape index (κ3) is 6.02. The van der Waals surface area contributed by atoms with Gasteiger partial charge in [0, 0.05) is 5.92 Å². The molecule has 1 saturated carbocycles. The van der Waals surface area contributed by atoms with Crippen LogP contribution in [0, 0.1) is 29.1 Å². The summed E-state index contributed by atoms with van der Waals surface area (Å²) in [5, 5.41) is 29.1. The Morgan fingerprint density at radius 1 is 1.19 bits per heavy atom. The van der Waals surface area contributed by atoms with E-state index in [1.54, 1.807) is 0 Å². The number of aliphatic hydroxyl groups is 2. The highest BCUT2D eigenvalue weighted by Crippen LogP contribution is 2.46. The molecule has 6 nitrogen and oxygen atoms in total. The first-order chi connectivity index (χ1) is 15.1. The Balaban J connectivity index is 1.69. The molecule has 3 N–H and O–H groups in total. The van der Waals surface area contributed by atoms with Gasteiger partial charge in [0.25, 0.3) is 0 Å². The van der Waals surface area contributed by atoms with Gasteiger partial charge in [-0.2, -0.15) is 0 Å². The van der Waals surface area contributed by atoms with Crippen LogP contribution in [0.15, 0.2) is 23.8 Å². The predicted molar refractivity (Wildman–Crippen MR) is 122 cm³/mol. The number of carboxylic acid groups (broad SMARTS) is 1. The average molecular weight is 449 g/mol. The Bertz CT molecular complexity index is 735. The van der Waals surface area contributed by atoms with Crippen molar-refractivity contribution in [1.82, 2.24) is 0 Å². The van der Waals surface area contributed by atoms with E-state index in [0.29, 0.717) is 12.3 Å². The van der Waals surface area contributed by atoms with E-state index in [0.717, 1.165) is 38.5 Å². The summed E-state index contributed by atoms with van der Waals surface area (Å²) in [6.45, 7) is 6.36. The quantitative estimate of drug-likeness (QED) is 0.456. The number of hydrogen-bond donors (Lipinski definition) is 3. The summed E-state index contributed by atoms with van der Waals surface area (Å²) in [4.78, 5) is 23.9. The molecule has 0 radical (unpaired) electrons. The van der Waals surface area contributed by atoms with Gasteiger partial charge in [0.1, 0.15) is 6.10 Å². The van der Waals surface area contributed by atoms with Crippen molar-refractivity contribution in [2.24, 2.45) is 29.1 Å². The van der Waals surface area contributed by atoms with Gasteiger partial charge in [-0.25, -0.2) is 0 Å². The summed E-state index contributed by atoms with van der Waals surface area (Å²) >= 11 is 0. The second kappa shape index (κ2) is 10.5. The van der Waals surface area contributed by atoms with Crippen molar-refractivity contribution < 1.29 is 29.6 Å². The molecule has 0 aromatic rings. The van der Waals surface area contributed by atoms with Gasteiger partial charge in [0.05, 0.1) is 24.0 Å². The number of carbonyl (C=O) groups excluding carboxylic acids is 1. The normalized spacial score (nSPS) is 33.2. The molecule has 1 fully saturated rings. The third-order valence-electron chi connectivity index (χ3n) is 7.84. The fourth-order valence-electron chi connectivity index (χ4n) is 5.96. The number of aliphatic hydroxyl groups excluding tert-OH is 2. The zero-order chi connectivity index (χ0) is 23.5.